The highest BCUT2D eigenvalue weighted by molar-refractivity contribution is 5.49. The van der Waals surface area contributed by atoms with Crippen molar-refractivity contribution in [2.24, 2.45) is 0 Å². The molecule has 0 fully saturated rings. The molecule has 0 saturated carbocycles. The maximum absolute atomic E-state index is 10.7. The molecule has 132 valence electrons. The summed E-state index contributed by atoms with van der Waals surface area (Å²) in [5, 5.41) is 10.7. The highest BCUT2D eigenvalue weighted by Gasteiger charge is 2.26. The van der Waals surface area contributed by atoms with E-state index < -0.39 is 0 Å². The molecule has 1 aromatic rings. The van der Waals surface area contributed by atoms with Gasteiger partial charge in [-0.25, -0.2) is 0 Å². The number of ether oxygens (including phenoxy) is 2. The highest BCUT2D eigenvalue weighted by Crippen LogP contribution is 2.40. The monoisotopic (exact) mass is 322 g/mol. The first-order chi connectivity index (χ1) is 10.5. The fourth-order valence-electron chi connectivity index (χ4n) is 2.72. The SMILES string of the molecule is CCOC(CCc1cc(C(C)(C)C)c(O)c(C(C)(C)C)c1)OC. The summed E-state index contributed by atoms with van der Waals surface area (Å²) in [5.74, 6) is 0.432. The Balaban J connectivity index is 3.18. The predicted octanol–water partition coefficient (Wildman–Crippen LogP) is 4.93. The molecule has 1 rings (SSSR count). The molecule has 3 nitrogen and oxygen atoms in total. The lowest BCUT2D eigenvalue weighted by Crippen LogP contribution is -2.19. The molecule has 23 heavy (non-hydrogen) atoms. The van der Waals surface area contributed by atoms with E-state index in [1.807, 2.05) is 6.92 Å². The number of aromatic hydroxyl groups is 1. The summed E-state index contributed by atoms with van der Waals surface area (Å²) < 4.78 is 10.9. The Bertz CT molecular complexity index is 472. The summed E-state index contributed by atoms with van der Waals surface area (Å²) in [6, 6.07) is 4.26. The summed E-state index contributed by atoms with van der Waals surface area (Å²) in [7, 11) is 1.68. The molecule has 3 heteroatoms. The lowest BCUT2D eigenvalue weighted by molar-refractivity contribution is -0.123. The van der Waals surface area contributed by atoms with Gasteiger partial charge in [-0.15, -0.1) is 0 Å². The summed E-state index contributed by atoms with van der Waals surface area (Å²) in [6.07, 6.45) is 1.50. The van der Waals surface area contributed by atoms with E-state index in [-0.39, 0.29) is 17.1 Å². The molecular formula is C20H34O3. The molecule has 1 atom stereocenters. The average molecular weight is 322 g/mol. The maximum atomic E-state index is 10.7. The number of rotatable bonds is 6. The van der Waals surface area contributed by atoms with Gasteiger partial charge in [0.25, 0.3) is 0 Å². The lowest BCUT2D eigenvalue weighted by Gasteiger charge is -2.28. The van der Waals surface area contributed by atoms with Crippen molar-refractivity contribution in [3.8, 4) is 5.75 Å². The smallest absolute Gasteiger partial charge is 0.157 e. The maximum Gasteiger partial charge on any atom is 0.157 e. The third-order valence-corrected chi connectivity index (χ3v) is 4.07. The number of benzene rings is 1. The molecule has 0 radical (unpaired) electrons. The van der Waals surface area contributed by atoms with Crippen molar-refractivity contribution in [3.63, 3.8) is 0 Å². The fourth-order valence-corrected chi connectivity index (χ4v) is 2.72. The van der Waals surface area contributed by atoms with Crippen LogP contribution in [-0.4, -0.2) is 25.1 Å². The Labute approximate surface area is 142 Å². The van der Waals surface area contributed by atoms with Crippen LogP contribution in [0.5, 0.6) is 5.75 Å². The Morgan fingerprint density at radius 3 is 1.83 bits per heavy atom. The van der Waals surface area contributed by atoms with Crippen LogP contribution in [0.3, 0.4) is 0 Å². The first kappa shape index (κ1) is 20.0. The Morgan fingerprint density at radius 1 is 1.00 bits per heavy atom. The summed E-state index contributed by atoms with van der Waals surface area (Å²) in [5.41, 5.74) is 3.04. The molecule has 0 aliphatic heterocycles. The van der Waals surface area contributed by atoms with Crippen LogP contribution in [0.1, 0.15) is 71.6 Å². The predicted molar refractivity (Wildman–Crippen MR) is 96.3 cm³/mol. The van der Waals surface area contributed by atoms with Crippen LogP contribution >= 0.6 is 0 Å². The third kappa shape index (κ3) is 5.50. The quantitative estimate of drug-likeness (QED) is 0.755. The van der Waals surface area contributed by atoms with E-state index >= 15 is 0 Å². The first-order valence-electron chi connectivity index (χ1n) is 8.52. The number of methoxy groups -OCH3 is 1. The van der Waals surface area contributed by atoms with Crippen molar-refractivity contribution in [2.45, 2.75) is 78.4 Å². The highest BCUT2D eigenvalue weighted by atomic mass is 16.7. The summed E-state index contributed by atoms with van der Waals surface area (Å²) >= 11 is 0. The van der Waals surface area contributed by atoms with Crippen molar-refractivity contribution >= 4 is 0 Å². The van der Waals surface area contributed by atoms with E-state index in [1.54, 1.807) is 7.11 Å². The molecule has 0 aliphatic rings. The molecule has 0 amide bonds. The Morgan fingerprint density at radius 2 is 1.48 bits per heavy atom. The number of aryl methyl sites for hydroxylation is 1. The molecule has 0 saturated heterocycles. The van der Waals surface area contributed by atoms with Crippen LogP contribution in [0, 0.1) is 0 Å². The normalized spacial score (nSPS) is 14.1. The van der Waals surface area contributed by atoms with E-state index in [1.165, 1.54) is 5.56 Å². The standard InChI is InChI=1S/C20H34O3/c1-9-23-17(22-8)11-10-14-12-15(19(2,3)4)18(21)16(13-14)20(5,6)7/h12-13,17,21H,9-11H2,1-8H3. The second-order valence-electron chi connectivity index (χ2n) is 8.20. The molecule has 1 N–H and O–H groups in total. The van der Waals surface area contributed by atoms with Crippen molar-refractivity contribution < 1.29 is 14.6 Å². The van der Waals surface area contributed by atoms with Gasteiger partial charge < -0.3 is 14.6 Å². The van der Waals surface area contributed by atoms with Crippen molar-refractivity contribution in [3.05, 3.63) is 28.8 Å². The zero-order chi connectivity index (χ0) is 17.8. The third-order valence-electron chi connectivity index (χ3n) is 4.07. The minimum atomic E-state index is -0.176. The zero-order valence-electron chi connectivity index (χ0n) is 16.1. The molecule has 0 heterocycles. The van der Waals surface area contributed by atoms with E-state index in [0.29, 0.717) is 12.4 Å². The lowest BCUT2D eigenvalue weighted by atomic mass is 9.78. The minimum absolute atomic E-state index is 0.0966. The molecule has 0 aliphatic carbocycles. The second-order valence-corrected chi connectivity index (χ2v) is 8.20. The number of hydrogen-bond donors (Lipinski definition) is 1. The first-order valence-corrected chi connectivity index (χ1v) is 8.52. The van der Waals surface area contributed by atoms with Crippen molar-refractivity contribution in [1.82, 2.24) is 0 Å². The zero-order valence-corrected chi connectivity index (χ0v) is 16.1. The largest absolute Gasteiger partial charge is 0.507 e. The van der Waals surface area contributed by atoms with Gasteiger partial charge in [0.2, 0.25) is 0 Å². The van der Waals surface area contributed by atoms with Crippen LogP contribution < -0.4 is 0 Å². The van der Waals surface area contributed by atoms with Gasteiger partial charge in [-0.05, 0) is 40.9 Å². The Hall–Kier alpha value is -1.06. The van der Waals surface area contributed by atoms with Gasteiger partial charge in [0.1, 0.15) is 5.75 Å². The minimum Gasteiger partial charge on any atom is -0.507 e. The number of phenolic OH excluding ortho intramolecular Hbond substituents is 1. The molecule has 0 aromatic heterocycles. The number of phenols is 1. The van der Waals surface area contributed by atoms with E-state index in [4.69, 9.17) is 9.47 Å². The van der Waals surface area contributed by atoms with Gasteiger partial charge in [0.05, 0.1) is 0 Å². The molecule has 0 bridgehead atoms. The van der Waals surface area contributed by atoms with Gasteiger partial charge in [-0.3, -0.25) is 0 Å². The summed E-state index contributed by atoms with van der Waals surface area (Å²) in [4.78, 5) is 0. The summed E-state index contributed by atoms with van der Waals surface area (Å²) in [6.45, 7) is 15.4. The molecule has 1 unspecified atom stereocenters. The van der Waals surface area contributed by atoms with E-state index in [0.717, 1.165) is 24.0 Å². The van der Waals surface area contributed by atoms with Gasteiger partial charge in [-0.1, -0.05) is 53.7 Å². The Kier molecular flexibility index (Phi) is 6.67. The van der Waals surface area contributed by atoms with Crippen LogP contribution in [-0.2, 0) is 26.7 Å². The van der Waals surface area contributed by atoms with Crippen molar-refractivity contribution in [2.75, 3.05) is 13.7 Å². The number of hydrogen-bond acceptors (Lipinski definition) is 3. The van der Waals surface area contributed by atoms with Gasteiger partial charge in [0, 0.05) is 20.1 Å². The molecule has 1 aromatic carbocycles. The molecular weight excluding hydrogens is 288 g/mol. The van der Waals surface area contributed by atoms with Crippen LogP contribution in [0.2, 0.25) is 0 Å². The van der Waals surface area contributed by atoms with Gasteiger partial charge in [0.15, 0.2) is 6.29 Å². The molecule has 0 spiro atoms. The average Bonchev–Trinajstić information content (AvgIpc) is 2.42. The fraction of sp³-hybridized carbons (Fsp3) is 0.700. The topological polar surface area (TPSA) is 38.7 Å². The van der Waals surface area contributed by atoms with Crippen LogP contribution in [0.15, 0.2) is 12.1 Å². The van der Waals surface area contributed by atoms with E-state index in [9.17, 15) is 5.11 Å². The van der Waals surface area contributed by atoms with Gasteiger partial charge >= 0.3 is 0 Å². The second kappa shape index (κ2) is 7.67. The van der Waals surface area contributed by atoms with Gasteiger partial charge in [-0.2, -0.15) is 0 Å². The van der Waals surface area contributed by atoms with Crippen LogP contribution in [0.25, 0.3) is 0 Å². The van der Waals surface area contributed by atoms with Crippen molar-refractivity contribution in [1.29, 1.82) is 0 Å². The van der Waals surface area contributed by atoms with E-state index in [2.05, 4.69) is 53.7 Å². The van der Waals surface area contributed by atoms with Crippen LogP contribution in [0.4, 0.5) is 0 Å².